The van der Waals surface area contributed by atoms with Crippen LogP contribution in [0.25, 0.3) is 0 Å². The van der Waals surface area contributed by atoms with Gasteiger partial charge in [0, 0.05) is 18.7 Å². The van der Waals surface area contributed by atoms with Gasteiger partial charge in [0.25, 0.3) is 10.0 Å². The number of carbonyl (C=O) groups excluding carboxylic acids is 1. The quantitative estimate of drug-likeness (QED) is 0.785. The van der Waals surface area contributed by atoms with Crippen LogP contribution in [0.15, 0.2) is 47.4 Å². The van der Waals surface area contributed by atoms with Gasteiger partial charge in [-0.15, -0.1) is 0 Å². The summed E-state index contributed by atoms with van der Waals surface area (Å²) in [6.45, 7) is 0.0201. The number of nitrogens with one attached hydrogen (secondary N) is 1. The van der Waals surface area contributed by atoms with Crippen LogP contribution < -0.4 is 9.62 Å². The molecule has 1 fully saturated rings. The third-order valence-electron chi connectivity index (χ3n) is 4.13. The normalized spacial score (nSPS) is 17.2. The van der Waals surface area contributed by atoms with E-state index in [0.29, 0.717) is 5.69 Å². The summed E-state index contributed by atoms with van der Waals surface area (Å²) in [4.78, 5) is 24.1. The minimum atomic E-state index is -4.08. The molecule has 1 aliphatic heterocycles. The van der Waals surface area contributed by atoms with Crippen molar-refractivity contribution in [1.29, 1.82) is 0 Å². The molecule has 1 amide bonds. The molecule has 1 unspecified atom stereocenters. The average Bonchev–Trinajstić information content (AvgIpc) is 3.01. The number of carbonyl (C=O) groups is 2. The third kappa shape index (κ3) is 3.88. The summed E-state index contributed by atoms with van der Waals surface area (Å²) in [5, 5.41) is 8.81. The first-order valence-corrected chi connectivity index (χ1v) is 9.65. The monoisotopic (exact) mass is 412 g/mol. The van der Waals surface area contributed by atoms with Crippen molar-refractivity contribution in [2.75, 3.05) is 16.2 Å². The van der Waals surface area contributed by atoms with Gasteiger partial charge in [-0.25, -0.2) is 12.8 Å². The van der Waals surface area contributed by atoms with Crippen LogP contribution in [-0.2, 0) is 19.6 Å². The molecular weight excluding hydrogens is 399 g/mol. The lowest BCUT2D eigenvalue weighted by Crippen LogP contribution is -2.25. The minimum absolute atomic E-state index is 0.0201. The van der Waals surface area contributed by atoms with Gasteiger partial charge in [-0.3, -0.25) is 14.3 Å². The van der Waals surface area contributed by atoms with Gasteiger partial charge < -0.3 is 10.0 Å². The molecule has 1 heterocycles. The number of anilines is 2. The highest BCUT2D eigenvalue weighted by atomic mass is 35.5. The predicted octanol–water partition coefficient (Wildman–Crippen LogP) is 2.72. The van der Waals surface area contributed by atoms with E-state index in [4.69, 9.17) is 16.7 Å². The van der Waals surface area contributed by atoms with Crippen LogP contribution in [0.4, 0.5) is 15.8 Å². The summed E-state index contributed by atoms with van der Waals surface area (Å²) >= 11 is 5.64. The van der Waals surface area contributed by atoms with E-state index in [2.05, 4.69) is 4.72 Å². The second-order valence-electron chi connectivity index (χ2n) is 5.94. The molecule has 1 saturated heterocycles. The van der Waals surface area contributed by atoms with Gasteiger partial charge in [0.2, 0.25) is 5.91 Å². The van der Waals surface area contributed by atoms with Crippen molar-refractivity contribution in [3.8, 4) is 0 Å². The first kappa shape index (κ1) is 19.1. The first-order valence-electron chi connectivity index (χ1n) is 7.79. The highest BCUT2D eigenvalue weighted by molar-refractivity contribution is 7.92. The summed E-state index contributed by atoms with van der Waals surface area (Å²) in [7, 11) is -4.08. The van der Waals surface area contributed by atoms with Gasteiger partial charge >= 0.3 is 5.97 Å². The molecule has 2 aromatic rings. The van der Waals surface area contributed by atoms with E-state index in [1.54, 1.807) is 0 Å². The largest absolute Gasteiger partial charge is 0.481 e. The Morgan fingerprint density at radius 1 is 1.22 bits per heavy atom. The van der Waals surface area contributed by atoms with E-state index in [1.807, 2.05) is 0 Å². The van der Waals surface area contributed by atoms with E-state index >= 15 is 0 Å². The van der Waals surface area contributed by atoms with E-state index in [1.165, 1.54) is 47.4 Å². The van der Waals surface area contributed by atoms with E-state index < -0.39 is 27.7 Å². The Hall–Kier alpha value is -2.65. The molecule has 0 saturated carbocycles. The van der Waals surface area contributed by atoms with Crippen LogP contribution in [0.3, 0.4) is 0 Å². The first-order chi connectivity index (χ1) is 12.7. The van der Waals surface area contributed by atoms with Gasteiger partial charge in [0.05, 0.1) is 21.5 Å². The number of amides is 1. The zero-order valence-corrected chi connectivity index (χ0v) is 15.3. The van der Waals surface area contributed by atoms with Crippen LogP contribution in [0.1, 0.15) is 6.42 Å². The number of benzene rings is 2. The zero-order chi connectivity index (χ0) is 19.8. The Kier molecular flexibility index (Phi) is 5.07. The van der Waals surface area contributed by atoms with E-state index in [-0.39, 0.29) is 34.5 Å². The molecule has 0 radical (unpaired) electrons. The fourth-order valence-corrected chi connectivity index (χ4v) is 3.95. The fraction of sp³-hybridized carbons (Fsp3) is 0.176. The molecule has 0 spiro atoms. The summed E-state index contributed by atoms with van der Waals surface area (Å²) < 4.78 is 40.9. The molecular formula is C17H14ClFN2O5S. The number of hydrogen-bond donors (Lipinski definition) is 2. The van der Waals surface area contributed by atoms with Crippen molar-refractivity contribution < 1.29 is 27.5 Å². The van der Waals surface area contributed by atoms with Crippen molar-refractivity contribution in [2.24, 2.45) is 5.92 Å². The predicted molar refractivity (Wildman–Crippen MR) is 96.8 cm³/mol. The molecule has 142 valence electrons. The second kappa shape index (κ2) is 7.16. The van der Waals surface area contributed by atoms with Gasteiger partial charge in [-0.05, 0) is 36.4 Å². The maximum absolute atomic E-state index is 13.9. The zero-order valence-electron chi connectivity index (χ0n) is 13.7. The molecule has 0 bridgehead atoms. The van der Waals surface area contributed by atoms with Crippen LogP contribution in [0.2, 0.25) is 5.02 Å². The molecule has 0 aromatic heterocycles. The molecule has 3 rings (SSSR count). The second-order valence-corrected chi connectivity index (χ2v) is 8.03. The van der Waals surface area contributed by atoms with Crippen LogP contribution in [0.5, 0.6) is 0 Å². The average molecular weight is 413 g/mol. The van der Waals surface area contributed by atoms with Crippen molar-refractivity contribution in [3.05, 3.63) is 53.3 Å². The number of carboxylic acids is 1. The number of halogens is 2. The molecule has 7 nitrogen and oxygen atoms in total. The third-order valence-corrected chi connectivity index (χ3v) is 5.80. The number of aliphatic carboxylic acids is 1. The summed E-state index contributed by atoms with van der Waals surface area (Å²) in [6, 6.07) is 9.23. The number of nitrogens with zero attached hydrogens (tertiary/aromatic N) is 1. The number of rotatable bonds is 5. The maximum atomic E-state index is 13.9. The topological polar surface area (TPSA) is 104 Å². The molecule has 1 aliphatic rings. The molecule has 10 heteroatoms. The molecule has 2 N–H and O–H groups in total. The van der Waals surface area contributed by atoms with Crippen molar-refractivity contribution in [1.82, 2.24) is 0 Å². The number of carboxylic acid groups (broad SMARTS) is 1. The van der Waals surface area contributed by atoms with Gasteiger partial charge in [-0.1, -0.05) is 17.7 Å². The fourth-order valence-electron chi connectivity index (χ4n) is 2.71. The minimum Gasteiger partial charge on any atom is -0.481 e. The molecule has 2 aromatic carbocycles. The van der Waals surface area contributed by atoms with Crippen molar-refractivity contribution in [2.45, 2.75) is 11.3 Å². The molecule has 0 aliphatic carbocycles. The standard InChI is InChI=1S/C17H14ClFN2O5S/c18-13-2-1-3-14(16(13)19)20-27(25,26)12-6-4-11(5-7-12)21-9-10(17(23)24)8-15(21)22/h1-7,10,20H,8-9H2,(H,23,24). The van der Waals surface area contributed by atoms with Crippen LogP contribution in [0, 0.1) is 11.7 Å². The number of hydrogen-bond acceptors (Lipinski definition) is 4. The van der Waals surface area contributed by atoms with Crippen molar-refractivity contribution >= 4 is 44.9 Å². The lowest BCUT2D eigenvalue weighted by molar-refractivity contribution is -0.141. The molecule has 1 atom stereocenters. The Labute approximate surface area is 159 Å². The van der Waals surface area contributed by atoms with Crippen LogP contribution >= 0.6 is 11.6 Å². The van der Waals surface area contributed by atoms with Crippen molar-refractivity contribution in [3.63, 3.8) is 0 Å². The highest BCUT2D eigenvalue weighted by Gasteiger charge is 2.35. The smallest absolute Gasteiger partial charge is 0.308 e. The van der Waals surface area contributed by atoms with Gasteiger partial charge in [-0.2, -0.15) is 0 Å². The Morgan fingerprint density at radius 3 is 2.48 bits per heavy atom. The lowest BCUT2D eigenvalue weighted by Gasteiger charge is -2.17. The lowest BCUT2D eigenvalue weighted by atomic mass is 10.1. The SMILES string of the molecule is O=C(O)C1CC(=O)N(c2ccc(S(=O)(=O)Nc3cccc(Cl)c3F)cc2)C1. The van der Waals surface area contributed by atoms with E-state index in [9.17, 15) is 22.4 Å². The van der Waals surface area contributed by atoms with Crippen LogP contribution in [-0.4, -0.2) is 31.9 Å². The Morgan fingerprint density at radius 2 is 1.89 bits per heavy atom. The highest BCUT2D eigenvalue weighted by Crippen LogP contribution is 2.28. The Bertz CT molecular complexity index is 1010. The summed E-state index contributed by atoms with van der Waals surface area (Å²) in [5.41, 5.74) is 0.0993. The summed E-state index contributed by atoms with van der Waals surface area (Å²) in [6.07, 6.45) is -0.106. The number of sulfonamides is 1. The Balaban J connectivity index is 1.81. The maximum Gasteiger partial charge on any atom is 0.308 e. The van der Waals surface area contributed by atoms with Gasteiger partial charge in [0.15, 0.2) is 5.82 Å². The summed E-state index contributed by atoms with van der Waals surface area (Å²) in [5.74, 6) is -3.09. The van der Waals surface area contributed by atoms with E-state index in [0.717, 1.165) is 0 Å². The van der Waals surface area contributed by atoms with Gasteiger partial charge in [0.1, 0.15) is 0 Å². The molecule has 27 heavy (non-hydrogen) atoms.